The summed E-state index contributed by atoms with van der Waals surface area (Å²) < 4.78 is 5.81. The first kappa shape index (κ1) is 23.4. The summed E-state index contributed by atoms with van der Waals surface area (Å²) in [4.78, 5) is 5.35. The molecule has 3 heteroatoms. The smallest absolute Gasteiger partial charge is 0.118 e. The van der Waals surface area contributed by atoms with Gasteiger partial charge in [0.25, 0.3) is 0 Å². The van der Waals surface area contributed by atoms with Crippen molar-refractivity contribution in [2.24, 2.45) is 5.41 Å². The minimum absolute atomic E-state index is 0.371. The van der Waals surface area contributed by atoms with E-state index in [1.54, 1.807) is 0 Å². The molecule has 3 nitrogen and oxygen atoms in total. The van der Waals surface area contributed by atoms with E-state index in [-0.39, 0.29) is 0 Å². The molecule has 0 N–H and O–H groups in total. The molecule has 1 aliphatic carbocycles. The van der Waals surface area contributed by atoms with Crippen LogP contribution in [0.15, 0.2) is 77.2 Å². The quantitative estimate of drug-likeness (QED) is 0.378. The largest absolute Gasteiger partial charge is 0.465 e. The third-order valence-electron chi connectivity index (χ3n) is 8.19. The average Bonchev–Trinajstić information content (AvgIpc) is 3.16. The molecule has 34 heavy (non-hydrogen) atoms. The molecule has 2 fully saturated rings. The molecule has 0 spiro atoms. The summed E-state index contributed by atoms with van der Waals surface area (Å²) in [5, 5.41) is 0. The van der Waals surface area contributed by atoms with Crippen molar-refractivity contribution in [3.05, 3.63) is 95.4 Å². The SMILES string of the molecule is Cc1ccc(CN2CCN(C3CCCC(Cc4ccccc4)(Cc4ccccc4)CC3)CC2)o1. The van der Waals surface area contributed by atoms with Gasteiger partial charge in [0.1, 0.15) is 11.5 Å². The number of aryl methyl sites for hydroxylation is 1. The average molecular weight is 457 g/mol. The van der Waals surface area contributed by atoms with E-state index in [4.69, 9.17) is 4.42 Å². The molecule has 2 aliphatic rings. The summed E-state index contributed by atoms with van der Waals surface area (Å²) in [7, 11) is 0. The van der Waals surface area contributed by atoms with E-state index in [1.807, 2.05) is 6.92 Å². The molecular formula is C31H40N2O. The highest BCUT2D eigenvalue weighted by molar-refractivity contribution is 5.21. The lowest BCUT2D eigenvalue weighted by molar-refractivity contribution is 0.0793. The van der Waals surface area contributed by atoms with Gasteiger partial charge < -0.3 is 4.42 Å². The molecule has 180 valence electrons. The van der Waals surface area contributed by atoms with Crippen molar-refractivity contribution in [3.8, 4) is 0 Å². The summed E-state index contributed by atoms with van der Waals surface area (Å²) in [5.41, 5.74) is 3.37. The Morgan fingerprint density at radius 3 is 2.00 bits per heavy atom. The highest BCUT2D eigenvalue weighted by Gasteiger charge is 2.35. The van der Waals surface area contributed by atoms with Gasteiger partial charge in [-0.05, 0) is 74.1 Å². The van der Waals surface area contributed by atoms with Gasteiger partial charge in [0.2, 0.25) is 0 Å². The molecule has 1 aromatic heterocycles. The number of nitrogens with zero attached hydrogens (tertiary/aromatic N) is 2. The zero-order valence-corrected chi connectivity index (χ0v) is 20.8. The third kappa shape index (κ3) is 6.00. The van der Waals surface area contributed by atoms with E-state index in [9.17, 15) is 0 Å². The monoisotopic (exact) mass is 456 g/mol. The molecule has 3 aromatic rings. The fraction of sp³-hybridized carbons (Fsp3) is 0.484. The fourth-order valence-corrected chi connectivity index (χ4v) is 6.37. The normalized spacial score (nSPS) is 21.9. The van der Waals surface area contributed by atoms with E-state index in [1.165, 1.54) is 69.2 Å². The summed E-state index contributed by atoms with van der Waals surface area (Å²) in [6.07, 6.45) is 9.09. The highest BCUT2D eigenvalue weighted by atomic mass is 16.3. The topological polar surface area (TPSA) is 19.6 Å². The van der Waals surface area contributed by atoms with Gasteiger partial charge in [0.15, 0.2) is 0 Å². The van der Waals surface area contributed by atoms with Gasteiger partial charge >= 0.3 is 0 Å². The zero-order valence-electron chi connectivity index (χ0n) is 20.8. The van der Waals surface area contributed by atoms with Gasteiger partial charge in [0.05, 0.1) is 6.54 Å². The van der Waals surface area contributed by atoms with Crippen molar-refractivity contribution in [2.45, 2.75) is 64.5 Å². The van der Waals surface area contributed by atoms with Crippen molar-refractivity contribution >= 4 is 0 Å². The number of hydrogen-bond acceptors (Lipinski definition) is 3. The second-order valence-electron chi connectivity index (χ2n) is 10.7. The molecular weight excluding hydrogens is 416 g/mol. The van der Waals surface area contributed by atoms with Crippen LogP contribution in [-0.2, 0) is 19.4 Å². The van der Waals surface area contributed by atoms with Crippen LogP contribution in [0.3, 0.4) is 0 Å². The maximum absolute atomic E-state index is 5.81. The standard InChI is InChI=1S/C31H40N2O/c1-26-14-15-30(34-26)25-32-19-21-33(22-20-32)29-13-8-17-31(18-16-29,23-27-9-4-2-5-10-27)24-28-11-6-3-7-12-28/h2-7,9-12,14-15,29H,8,13,16-25H2,1H3. The van der Waals surface area contributed by atoms with Gasteiger partial charge in [-0.2, -0.15) is 0 Å². The van der Waals surface area contributed by atoms with Gasteiger partial charge in [-0.1, -0.05) is 67.1 Å². The third-order valence-corrected chi connectivity index (χ3v) is 8.19. The van der Waals surface area contributed by atoms with Crippen LogP contribution in [0.25, 0.3) is 0 Å². The van der Waals surface area contributed by atoms with E-state index >= 15 is 0 Å². The van der Waals surface area contributed by atoms with Crippen LogP contribution >= 0.6 is 0 Å². The second kappa shape index (κ2) is 10.9. The van der Waals surface area contributed by atoms with Crippen LogP contribution in [-0.4, -0.2) is 42.0 Å². The van der Waals surface area contributed by atoms with Crippen LogP contribution in [0.5, 0.6) is 0 Å². The Hall–Kier alpha value is -2.36. The number of rotatable bonds is 7. The minimum Gasteiger partial charge on any atom is -0.465 e. The lowest BCUT2D eigenvalue weighted by Gasteiger charge is -2.39. The maximum atomic E-state index is 5.81. The summed E-state index contributed by atoms with van der Waals surface area (Å²) in [5.74, 6) is 2.12. The first-order valence-electron chi connectivity index (χ1n) is 13.3. The Bertz CT molecular complexity index is 963. The Morgan fingerprint density at radius 1 is 0.765 bits per heavy atom. The maximum Gasteiger partial charge on any atom is 0.118 e. The van der Waals surface area contributed by atoms with Crippen LogP contribution < -0.4 is 0 Å². The Labute approximate surface area is 205 Å². The zero-order chi connectivity index (χ0) is 23.2. The lowest BCUT2D eigenvalue weighted by Crippen LogP contribution is -2.49. The summed E-state index contributed by atoms with van der Waals surface area (Å²) in [6.45, 7) is 7.65. The van der Waals surface area contributed by atoms with Gasteiger partial charge in [0, 0.05) is 32.2 Å². The number of furan rings is 1. The molecule has 5 rings (SSSR count). The molecule has 2 heterocycles. The Kier molecular flexibility index (Phi) is 7.51. The van der Waals surface area contributed by atoms with Crippen molar-refractivity contribution in [3.63, 3.8) is 0 Å². The minimum atomic E-state index is 0.371. The second-order valence-corrected chi connectivity index (χ2v) is 10.7. The summed E-state index contributed by atoms with van der Waals surface area (Å²) >= 11 is 0. The Balaban J connectivity index is 1.22. The van der Waals surface area contributed by atoms with Crippen molar-refractivity contribution in [1.29, 1.82) is 0 Å². The molecule has 1 saturated carbocycles. The van der Waals surface area contributed by atoms with Gasteiger partial charge in [-0.25, -0.2) is 0 Å². The van der Waals surface area contributed by atoms with E-state index in [0.717, 1.165) is 37.2 Å². The van der Waals surface area contributed by atoms with E-state index in [0.29, 0.717) is 5.41 Å². The van der Waals surface area contributed by atoms with Gasteiger partial charge in [-0.3, -0.25) is 9.80 Å². The fourth-order valence-electron chi connectivity index (χ4n) is 6.37. The first-order chi connectivity index (χ1) is 16.7. The molecule has 0 bridgehead atoms. The predicted molar refractivity (Wildman–Crippen MR) is 140 cm³/mol. The molecule has 0 radical (unpaired) electrons. The van der Waals surface area contributed by atoms with Crippen LogP contribution in [0.1, 0.15) is 54.8 Å². The molecule has 2 aromatic carbocycles. The number of benzene rings is 2. The molecule has 1 unspecified atom stereocenters. The molecule has 1 atom stereocenters. The van der Waals surface area contributed by atoms with E-state index < -0.39 is 0 Å². The number of piperazine rings is 1. The highest BCUT2D eigenvalue weighted by Crippen LogP contribution is 2.42. The van der Waals surface area contributed by atoms with Crippen LogP contribution in [0.4, 0.5) is 0 Å². The van der Waals surface area contributed by atoms with Crippen molar-refractivity contribution < 1.29 is 4.42 Å². The van der Waals surface area contributed by atoms with Crippen molar-refractivity contribution in [1.82, 2.24) is 9.80 Å². The van der Waals surface area contributed by atoms with Crippen LogP contribution in [0, 0.1) is 12.3 Å². The van der Waals surface area contributed by atoms with Crippen LogP contribution in [0.2, 0.25) is 0 Å². The van der Waals surface area contributed by atoms with Gasteiger partial charge in [-0.15, -0.1) is 0 Å². The molecule has 0 amide bonds. The predicted octanol–water partition coefficient (Wildman–Crippen LogP) is 6.51. The summed E-state index contributed by atoms with van der Waals surface area (Å²) in [6, 6.07) is 27.4. The number of hydrogen-bond donors (Lipinski definition) is 0. The molecule has 1 saturated heterocycles. The Morgan fingerprint density at radius 2 is 1.41 bits per heavy atom. The first-order valence-corrected chi connectivity index (χ1v) is 13.3. The lowest BCUT2D eigenvalue weighted by atomic mass is 9.71. The van der Waals surface area contributed by atoms with Crippen molar-refractivity contribution in [2.75, 3.05) is 26.2 Å². The molecule has 1 aliphatic heterocycles. The van der Waals surface area contributed by atoms with E-state index in [2.05, 4.69) is 82.6 Å².